The van der Waals surface area contributed by atoms with Crippen LogP contribution in [0.25, 0.3) is 17.7 Å². The maximum Gasteiger partial charge on any atom is 0.282 e. The molecule has 0 saturated heterocycles. The molecule has 0 aliphatic carbocycles. The zero-order valence-corrected chi connectivity index (χ0v) is 19.7. The maximum absolute atomic E-state index is 13.5. The van der Waals surface area contributed by atoms with Crippen LogP contribution in [0.4, 0.5) is 14.5 Å². The summed E-state index contributed by atoms with van der Waals surface area (Å²) in [7, 11) is 0. The number of carbonyl (C=O) groups excluding carboxylic acids is 2. The number of fused-ring (bicyclic) bond motifs is 1. The second-order valence-electron chi connectivity index (χ2n) is 8.39. The van der Waals surface area contributed by atoms with E-state index in [1.54, 1.807) is 24.4 Å². The first kappa shape index (κ1) is 24.5. The average Bonchev–Trinajstić information content (AvgIpc) is 3.53. The Kier molecular flexibility index (Phi) is 6.72. The van der Waals surface area contributed by atoms with E-state index in [9.17, 15) is 23.2 Å². The molecule has 0 unspecified atom stereocenters. The van der Waals surface area contributed by atoms with Crippen LogP contribution in [0.3, 0.4) is 0 Å². The molecule has 1 aliphatic heterocycles. The van der Waals surface area contributed by atoms with Crippen LogP contribution in [0.5, 0.6) is 0 Å². The smallest absolute Gasteiger partial charge is 0.282 e. The molecule has 190 valence electrons. The van der Waals surface area contributed by atoms with Crippen LogP contribution in [0.1, 0.15) is 32.9 Å². The number of hydrogen-bond donors (Lipinski definition) is 3. The molecule has 0 radical (unpaired) electrons. The summed E-state index contributed by atoms with van der Waals surface area (Å²) in [5, 5.41) is 5.44. The molecule has 11 heteroatoms. The number of anilines is 1. The highest BCUT2D eigenvalue weighted by atomic mass is 19.2. The van der Waals surface area contributed by atoms with Gasteiger partial charge in [-0.2, -0.15) is 0 Å². The van der Waals surface area contributed by atoms with Crippen molar-refractivity contribution >= 4 is 35.2 Å². The number of H-pyrrole nitrogens is 1. The van der Waals surface area contributed by atoms with Crippen molar-refractivity contribution in [3.05, 3.63) is 117 Å². The summed E-state index contributed by atoms with van der Waals surface area (Å²) in [6.45, 7) is 0.0683. The van der Waals surface area contributed by atoms with Crippen LogP contribution in [-0.4, -0.2) is 37.9 Å². The Morgan fingerprint density at radius 1 is 1.11 bits per heavy atom. The Labute approximate surface area is 214 Å². The van der Waals surface area contributed by atoms with E-state index in [2.05, 4.69) is 25.6 Å². The standard InChI is InChI=1S/C27H20F2N6O3/c28-21-6-4-17(10-22(21)29)14-35-9-8-31-24(27(35)38)26(37)32-7-1-2-16-3-5-19-20(12-18-13-30-15-33-18)25(36)34-23(19)11-16/h1-6,8-13,15H,7,14H2,(H,30,33)(H,32,37)(H,34,36)/b2-1+,20-12?. The van der Waals surface area contributed by atoms with Crippen molar-refractivity contribution in [3.63, 3.8) is 0 Å². The Morgan fingerprint density at radius 2 is 1.97 bits per heavy atom. The molecule has 2 amide bonds. The van der Waals surface area contributed by atoms with Crippen LogP contribution in [-0.2, 0) is 11.3 Å². The number of aromatic amines is 1. The Hall–Kier alpha value is -5.19. The minimum Gasteiger partial charge on any atom is -0.347 e. The molecule has 0 spiro atoms. The van der Waals surface area contributed by atoms with Crippen LogP contribution >= 0.6 is 0 Å². The molecular formula is C27H20F2N6O3. The molecule has 9 nitrogen and oxygen atoms in total. The number of benzene rings is 2. The highest BCUT2D eigenvalue weighted by Crippen LogP contribution is 2.33. The lowest BCUT2D eigenvalue weighted by Crippen LogP contribution is -2.34. The Bertz CT molecular complexity index is 1660. The molecule has 0 fully saturated rings. The Morgan fingerprint density at radius 3 is 2.76 bits per heavy atom. The van der Waals surface area contributed by atoms with Crippen LogP contribution in [0.15, 0.2) is 72.2 Å². The van der Waals surface area contributed by atoms with Gasteiger partial charge in [0.1, 0.15) is 0 Å². The largest absolute Gasteiger partial charge is 0.347 e. The average molecular weight is 514 g/mol. The summed E-state index contributed by atoms with van der Waals surface area (Å²) in [6, 6.07) is 8.81. The zero-order valence-electron chi connectivity index (χ0n) is 19.7. The van der Waals surface area contributed by atoms with E-state index in [0.29, 0.717) is 22.5 Å². The van der Waals surface area contributed by atoms with Gasteiger partial charge in [-0.25, -0.2) is 18.7 Å². The summed E-state index contributed by atoms with van der Waals surface area (Å²) in [5.41, 5.74) is 2.86. The van der Waals surface area contributed by atoms with Crippen molar-refractivity contribution in [3.8, 4) is 0 Å². The molecule has 0 atom stereocenters. The minimum absolute atomic E-state index is 0.0492. The summed E-state index contributed by atoms with van der Waals surface area (Å²) in [5.74, 6) is -2.89. The van der Waals surface area contributed by atoms with Crippen LogP contribution in [0.2, 0.25) is 0 Å². The topological polar surface area (TPSA) is 122 Å². The molecule has 2 aromatic heterocycles. The van der Waals surface area contributed by atoms with Gasteiger partial charge in [-0.3, -0.25) is 14.4 Å². The first-order valence-corrected chi connectivity index (χ1v) is 11.5. The fourth-order valence-electron chi connectivity index (χ4n) is 3.95. The first-order valence-electron chi connectivity index (χ1n) is 11.5. The van der Waals surface area contributed by atoms with Gasteiger partial charge in [0.2, 0.25) is 0 Å². The van der Waals surface area contributed by atoms with Gasteiger partial charge in [0.25, 0.3) is 17.4 Å². The summed E-state index contributed by atoms with van der Waals surface area (Å²) < 4.78 is 27.8. The van der Waals surface area contributed by atoms with Gasteiger partial charge in [0, 0.05) is 30.2 Å². The van der Waals surface area contributed by atoms with Crippen molar-refractivity contribution in [1.82, 2.24) is 24.8 Å². The highest BCUT2D eigenvalue weighted by Gasteiger charge is 2.24. The molecule has 0 saturated carbocycles. The van der Waals surface area contributed by atoms with E-state index in [4.69, 9.17) is 0 Å². The predicted molar refractivity (Wildman–Crippen MR) is 137 cm³/mol. The number of imidazole rings is 1. The molecule has 5 rings (SSSR count). The third-order valence-corrected chi connectivity index (χ3v) is 5.80. The second kappa shape index (κ2) is 10.4. The number of nitrogens with one attached hydrogen (secondary N) is 3. The van der Waals surface area contributed by atoms with E-state index in [0.717, 1.165) is 23.3 Å². The summed E-state index contributed by atoms with van der Waals surface area (Å²) in [4.78, 5) is 48.4. The molecular weight excluding hydrogens is 494 g/mol. The van der Waals surface area contributed by atoms with Gasteiger partial charge < -0.3 is 20.2 Å². The molecule has 0 bridgehead atoms. The maximum atomic E-state index is 13.5. The Balaban J connectivity index is 1.22. The quantitative estimate of drug-likeness (QED) is 0.327. The summed E-state index contributed by atoms with van der Waals surface area (Å²) >= 11 is 0. The van der Waals surface area contributed by atoms with Gasteiger partial charge in [0.05, 0.1) is 30.3 Å². The number of carbonyl (C=O) groups is 2. The number of halogens is 2. The summed E-state index contributed by atoms with van der Waals surface area (Å²) in [6.07, 6.45) is 11.0. The van der Waals surface area contributed by atoms with Gasteiger partial charge in [-0.15, -0.1) is 0 Å². The third-order valence-electron chi connectivity index (χ3n) is 5.80. The molecule has 3 heterocycles. The SMILES string of the molecule is O=C1Nc2cc(/C=C/CNC(=O)c3nccn(Cc4ccc(F)c(F)c4)c3=O)ccc2C1=Cc1cnc[nH]1. The van der Waals surface area contributed by atoms with E-state index < -0.39 is 23.1 Å². The number of rotatable bonds is 7. The number of amides is 2. The predicted octanol–water partition coefficient (Wildman–Crippen LogP) is 3.23. The first-order chi connectivity index (χ1) is 18.4. The zero-order chi connectivity index (χ0) is 26.6. The normalized spacial score (nSPS) is 13.6. The fourth-order valence-corrected chi connectivity index (χ4v) is 3.95. The lowest BCUT2D eigenvalue weighted by Gasteiger charge is -2.08. The van der Waals surface area contributed by atoms with Crippen LogP contribution < -0.4 is 16.2 Å². The lowest BCUT2D eigenvalue weighted by atomic mass is 10.0. The van der Waals surface area contributed by atoms with Crippen LogP contribution in [0, 0.1) is 11.6 Å². The number of nitrogens with zero attached hydrogens (tertiary/aromatic N) is 3. The van der Waals surface area contributed by atoms with E-state index in [1.165, 1.54) is 29.4 Å². The third kappa shape index (κ3) is 5.16. The van der Waals surface area contributed by atoms with E-state index in [1.807, 2.05) is 18.2 Å². The van der Waals surface area contributed by atoms with Crippen molar-refractivity contribution in [2.45, 2.75) is 6.54 Å². The highest BCUT2D eigenvalue weighted by molar-refractivity contribution is 6.34. The molecule has 1 aliphatic rings. The van der Waals surface area contributed by atoms with Gasteiger partial charge >= 0.3 is 0 Å². The van der Waals surface area contributed by atoms with Crippen molar-refractivity contribution < 1.29 is 18.4 Å². The molecule has 38 heavy (non-hydrogen) atoms. The van der Waals surface area contributed by atoms with Crippen molar-refractivity contribution in [2.24, 2.45) is 0 Å². The van der Waals surface area contributed by atoms with Crippen molar-refractivity contribution in [1.29, 1.82) is 0 Å². The lowest BCUT2D eigenvalue weighted by molar-refractivity contribution is -0.110. The van der Waals surface area contributed by atoms with E-state index >= 15 is 0 Å². The van der Waals surface area contributed by atoms with Gasteiger partial charge in [0.15, 0.2) is 17.3 Å². The second-order valence-corrected chi connectivity index (χ2v) is 8.39. The molecule has 3 N–H and O–H groups in total. The van der Waals surface area contributed by atoms with Gasteiger partial charge in [-0.05, 0) is 35.4 Å². The number of aromatic nitrogens is 4. The van der Waals surface area contributed by atoms with Gasteiger partial charge in [-0.1, -0.05) is 30.4 Å². The molecule has 2 aromatic carbocycles. The molecule has 4 aromatic rings. The van der Waals surface area contributed by atoms with Crippen molar-refractivity contribution in [2.75, 3.05) is 11.9 Å². The van der Waals surface area contributed by atoms with E-state index in [-0.39, 0.29) is 24.7 Å². The minimum atomic E-state index is -1.02. The number of hydrogen-bond acceptors (Lipinski definition) is 5. The monoisotopic (exact) mass is 514 g/mol. The fraction of sp³-hybridized carbons (Fsp3) is 0.0741.